The molecule has 1 spiro atoms. The molecule has 0 aromatic carbocycles. The zero-order valence-electron chi connectivity index (χ0n) is 9.34. The fourth-order valence-electron chi connectivity index (χ4n) is 3.57. The molecule has 1 aromatic rings. The first-order chi connectivity index (χ1) is 7.37. The average Bonchev–Trinajstić information content (AvgIpc) is 2.85. The van der Waals surface area contributed by atoms with Crippen LogP contribution in [-0.2, 0) is 12.0 Å². The standard InChI is InChI=1S/C12H19N3/c1-2-9-4-3-6-12(9)11-10(5-7-15-12)13-8-14-11/h8-9,15H,2-7H2,1H3,(H,13,14)/t9-,12-/m0/s1. The van der Waals surface area contributed by atoms with Gasteiger partial charge in [-0.2, -0.15) is 0 Å². The lowest BCUT2D eigenvalue weighted by molar-refractivity contribution is 0.222. The summed E-state index contributed by atoms with van der Waals surface area (Å²) in [5, 5.41) is 3.76. The van der Waals surface area contributed by atoms with Crippen LogP contribution in [0.4, 0.5) is 0 Å². The number of H-pyrrole nitrogens is 1. The number of rotatable bonds is 1. The van der Waals surface area contributed by atoms with Crippen molar-refractivity contribution in [2.75, 3.05) is 6.54 Å². The Bertz CT molecular complexity index is 358. The van der Waals surface area contributed by atoms with Gasteiger partial charge in [0.05, 0.1) is 17.6 Å². The average molecular weight is 205 g/mol. The topological polar surface area (TPSA) is 40.7 Å². The minimum Gasteiger partial charge on any atom is -0.348 e. The van der Waals surface area contributed by atoms with Crippen molar-refractivity contribution < 1.29 is 0 Å². The highest BCUT2D eigenvalue weighted by Gasteiger charge is 2.47. The molecule has 1 saturated carbocycles. The first kappa shape index (κ1) is 9.40. The fourth-order valence-corrected chi connectivity index (χ4v) is 3.57. The van der Waals surface area contributed by atoms with E-state index >= 15 is 0 Å². The van der Waals surface area contributed by atoms with Crippen LogP contribution in [0.25, 0.3) is 0 Å². The highest BCUT2D eigenvalue weighted by Crippen LogP contribution is 2.46. The molecule has 0 radical (unpaired) electrons. The number of hydrogen-bond acceptors (Lipinski definition) is 2. The number of nitrogens with one attached hydrogen (secondary N) is 2. The van der Waals surface area contributed by atoms with E-state index in [1.165, 1.54) is 37.1 Å². The molecule has 2 heterocycles. The lowest BCUT2D eigenvalue weighted by Crippen LogP contribution is -2.49. The Labute approximate surface area is 90.7 Å². The largest absolute Gasteiger partial charge is 0.348 e. The molecule has 1 aliphatic heterocycles. The van der Waals surface area contributed by atoms with Crippen LogP contribution < -0.4 is 5.32 Å². The quantitative estimate of drug-likeness (QED) is 0.736. The molecule has 3 rings (SSSR count). The van der Waals surface area contributed by atoms with E-state index in [-0.39, 0.29) is 5.54 Å². The SMILES string of the molecule is CC[C@H]1CCC[C@]12NCCc1[nH]cnc12. The molecule has 0 amide bonds. The van der Waals surface area contributed by atoms with Crippen LogP contribution in [0.1, 0.15) is 44.0 Å². The van der Waals surface area contributed by atoms with E-state index in [9.17, 15) is 0 Å². The molecule has 1 aliphatic carbocycles. The molecule has 0 bridgehead atoms. The van der Waals surface area contributed by atoms with Crippen molar-refractivity contribution >= 4 is 0 Å². The van der Waals surface area contributed by atoms with Gasteiger partial charge in [-0.1, -0.05) is 19.8 Å². The second-order valence-electron chi connectivity index (χ2n) is 4.88. The van der Waals surface area contributed by atoms with Crippen LogP contribution >= 0.6 is 0 Å². The van der Waals surface area contributed by atoms with Gasteiger partial charge in [0.2, 0.25) is 0 Å². The van der Waals surface area contributed by atoms with E-state index in [4.69, 9.17) is 0 Å². The lowest BCUT2D eigenvalue weighted by Gasteiger charge is -2.39. The van der Waals surface area contributed by atoms with Crippen molar-refractivity contribution in [3.8, 4) is 0 Å². The van der Waals surface area contributed by atoms with Gasteiger partial charge in [0, 0.05) is 18.7 Å². The molecule has 2 atom stereocenters. The number of hydrogen-bond donors (Lipinski definition) is 2. The number of aromatic nitrogens is 2. The summed E-state index contributed by atoms with van der Waals surface area (Å²) in [6.07, 6.45) is 8.20. The maximum Gasteiger partial charge on any atom is 0.0926 e. The lowest BCUT2D eigenvalue weighted by atomic mass is 9.79. The first-order valence-electron chi connectivity index (χ1n) is 6.14. The van der Waals surface area contributed by atoms with Crippen molar-refractivity contribution in [2.24, 2.45) is 5.92 Å². The third kappa shape index (κ3) is 1.19. The summed E-state index contributed by atoms with van der Waals surface area (Å²) in [6, 6.07) is 0. The van der Waals surface area contributed by atoms with Crippen LogP contribution in [0.5, 0.6) is 0 Å². The van der Waals surface area contributed by atoms with E-state index in [0.717, 1.165) is 18.9 Å². The van der Waals surface area contributed by atoms with Crippen molar-refractivity contribution in [1.29, 1.82) is 0 Å². The third-order valence-corrected chi connectivity index (χ3v) is 4.27. The molecule has 0 unspecified atom stereocenters. The Morgan fingerprint density at radius 2 is 2.53 bits per heavy atom. The fraction of sp³-hybridized carbons (Fsp3) is 0.750. The van der Waals surface area contributed by atoms with Gasteiger partial charge in [-0.3, -0.25) is 0 Å². The summed E-state index contributed by atoms with van der Waals surface area (Å²) >= 11 is 0. The minimum atomic E-state index is 0.211. The first-order valence-corrected chi connectivity index (χ1v) is 6.14. The molecule has 3 heteroatoms. The molecule has 2 N–H and O–H groups in total. The Morgan fingerprint density at radius 1 is 1.60 bits per heavy atom. The molecule has 1 fully saturated rings. The Hall–Kier alpha value is -0.830. The Balaban J connectivity index is 2.06. The van der Waals surface area contributed by atoms with Crippen LogP contribution in [0.15, 0.2) is 6.33 Å². The zero-order valence-corrected chi connectivity index (χ0v) is 9.34. The van der Waals surface area contributed by atoms with Crippen molar-refractivity contribution in [3.05, 3.63) is 17.7 Å². The number of imidazole rings is 1. The van der Waals surface area contributed by atoms with Gasteiger partial charge in [0.1, 0.15) is 0 Å². The summed E-state index contributed by atoms with van der Waals surface area (Å²) in [4.78, 5) is 7.87. The zero-order chi connectivity index (χ0) is 10.3. The predicted octanol–water partition coefficient (Wildman–Crippen LogP) is 1.96. The summed E-state index contributed by atoms with van der Waals surface area (Å²) in [6.45, 7) is 3.41. The van der Waals surface area contributed by atoms with E-state index in [0.29, 0.717) is 0 Å². The van der Waals surface area contributed by atoms with Gasteiger partial charge in [0.15, 0.2) is 0 Å². The van der Waals surface area contributed by atoms with E-state index in [1.807, 2.05) is 6.33 Å². The number of fused-ring (bicyclic) bond motifs is 2. The molecule has 2 aliphatic rings. The van der Waals surface area contributed by atoms with Crippen LogP contribution in [0.3, 0.4) is 0 Å². The molecule has 3 nitrogen and oxygen atoms in total. The second kappa shape index (κ2) is 3.34. The Kier molecular flexibility index (Phi) is 2.09. The van der Waals surface area contributed by atoms with Gasteiger partial charge >= 0.3 is 0 Å². The second-order valence-corrected chi connectivity index (χ2v) is 4.88. The highest BCUT2D eigenvalue weighted by atomic mass is 15.1. The molecule has 82 valence electrons. The van der Waals surface area contributed by atoms with Gasteiger partial charge in [-0.05, 0) is 18.8 Å². The Morgan fingerprint density at radius 3 is 3.40 bits per heavy atom. The highest BCUT2D eigenvalue weighted by molar-refractivity contribution is 5.27. The van der Waals surface area contributed by atoms with Crippen molar-refractivity contribution in [2.45, 2.75) is 44.6 Å². The summed E-state index contributed by atoms with van der Waals surface area (Å²) in [5.74, 6) is 0.778. The summed E-state index contributed by atoms with van der Waals surface area (Å²) < 4.78 is 0. The van der Waals surface area contributed by atoms with Crippen molar-refractivity contribution in [1.82, 2.24) is 15.3 Å². The monoisotopic (exact) mass is 205 g/mol. The number of nitrogens with zero attached hydrogens (tertiary/aromatic N) is 1. The predicted molar refractivity (Wildman–Crippen MR) is 59.6 cm³/mol. The third-order valence-electron chi connectivity index (χ3n) is 4.27. The van der Waals surface area contributed by atoms with Crippen molar-refractivity contribution in [3.63, 3.8) is 0 Å². The normalized spacial score (nSPS) is 34.6. The smallest absolute Gasteiger partial charge is 0.0926 e. The van der Waals surface area contributed by atoms with Gasteiger partial charge in [-0.15, -0.1) is 0 Å². The van der Waals surface area contributed by atoms with Crippen LogP contribution in [-0.4, -0.2) is 16.5 Å². The number of aromatic amines is 1. The maximum absolute atomic E-state index is 4.57. The van der Waals surface area contributed by atoms with Crippen LogP contribution in [0, 0.1) is 5.92 Å². The molecule has 0 saturated heterocycles. The molecular formula is C12H19N3. The molecule has 15 heavy (non-hydrogen) atoms. The summed E-state index contributed by atoms with van der Waals surface area (Å²) in [5.41, 5.74) is 2.90. The summed E-state index contributed by atoms with van der Waals surface area (Å²) in [7, 11) is 0. The van der Waals surface area contributed by atoms with Crippen LogP contribution in [0.2, 0.25) is 0 Å². The van der Waals surface area contributed by atoms with E-state index in [1.54, 1.807) is 0 Å². The van der Waals surface area contributed by atoms with Gasteiger partial charge in [-0.25, -0.2) is 4.98 Å². The van der Waals surface area contributed by atoms with Gasteiger partial charge in [0.25, 0.3) is 0 Å². The van der Waals surface area contributed by atoms with E-state index in [2.05, 4.69) is 22.2 Å². The van der Waals surface area contributed by atoms with E-state index < -0.39 is 0 Å². The maximum atomic E-state index is 4.57. The van der Waals surface area contributed by atoms with Gasteiger partial charge < -0.3 is 10.3 Å². The minimum absolute atomic E-state index is 0.211. The molecular weight excluding hydrogens is 186 g/mol. The molecule has 1 aromatic heterocycles.